The number of nitrogens with zero attached hydrogens (tertiary/aromatic N) is 2. The predicted molar refractivity (Wildman–Crippen MR) is 65.1 cm³/mol. The second-order valence-electron chi connectivity index (χ2n) is 4.86. The summed E-state index contributed by atoms with van der Waals surface area (Å²) in [5.41, 5.74) is 0.674. The van der Waals surface area contributed by atoms with E-state index in [-0.39, 0.29) is 0 Å². The normalized spacial score (nSPS) is 23.1. The largest absolute Gasteiger partial charge is 0.356 e. The lowest BCUT2D eigenvalue weighted by atomic mass is 9.95. The van der Waals surface area contributed by atoms with Crippen molar-refractivity contribution in [3.63, 3.8) is 0 Å². The van der Waals surface area contributed by atoms with Crippen LogP contribution < -0.4 is 4.90 Å². The molecule has 1 aliphatic heterocycles. The van der Waals surface area contributed by atoms with Crippen molar-refractivity contribution in [2.45, 2.75) is 25.7 Å². The van der Waals surface area contributed by atoms with Crippen molar-refractivity contribution in [1.82, 2.24) is 4.98 Å². The molecule has 15 heavy (non-hydrogen) atoms. The van der Waals surface area contributed by atoms with Crippen LogP contribution >= 0.6 is 15.9 Å². The average Bonchev–Trinajstić information content (AvgIpc) is 2.99. The van der Waals surface area contributed by atoms with Gasteiger partial charge in [0.1, 0.15) is 5.82 Å². The summed E-state index contributed by atoms with van der Waals surface area (Å²) < 4.78 is 1.06. The fraction of sp³-hybridized carbons (Fsp3) is 0.583. The Bertz CT molecular complexity index is 356. The number of rotatable bonds is 1. The van der Waals surface area contributed by atoms with Crippen molar-refractivity contribution in [2.24, 2.45) is 5.41 Å². The first-order valence-electron chi connectivity index (χ1n) is 5.64. The monoisotopic (exact) mass is 266 g/mol. The van der Waals surface area contributed by atoms with E-state index in [0.717, 1.165) is 10.3 Å². The van der Waals surface area contributed by atoms with Gasteiger partial charge in [0, 0.05) is 23.8 Å². The Morgan fingerprint density at radius 1 is 1.27 bits per heavy atom. The van der Waals surface area contributed by atoms with Crippen LogP contribution in [0.4, 0.5) is 5.82 Å². The molecular weight excluding hydrogens is 252 g/mol. The summed E-state index contributed by atoms with van der Waals surface area (Å²) in [7, 11) is 0. The van der Waals surface area contributed by atoms with E-state index in [0.29, 0.717) is 5.41 Å². The number of halogens is 1. The molecule has 2 nitrogen and oxygen atoms in total. The predicted octanol–water partition coefficient (Wildman–Crippen LogP) is 3.22. The molecule has 2 fully saturated rings. The second-order valence-corrected chi connectivity index (χ2v) is 5.78. The number of anilines is 1. The SMILES string of the molecule is Brc1ccc(N2CCCC3(CC3)C2)nc1. The highest BCUT2D eigenvalue weighted by Crippen LogP contribution is 2.52. The van der Waals surface area contributed by atoms with Gasteiger partial charge >= 0.3 is 0 Å². The zero-order valence-electron chi connectivity index (χ0n) is 8.75. The highest BCUT2D eigenvalue weighted by Gasteiger charge is 2.45. The Kier molecular flexibility index (Phi) is 2.23. The van der Waals surface area contributed by atoms with Crippen LogP contribution in [0.25, 0.3) is 0 Å². The van der Waals surface area contributed by atoms with Crippen molar-refractivity contribution in [3.8, 4) is 0 Å². The van der Waals surface area contributed by atoms with Gasteiger partial charge in [-0.1, -0.05) is 0 Å². The van der Waals surface area contributed by atoms with E-state index in [1.165, 1.54) is 38.8 Å². The van der Waals surface area contributed by atoms with Gasteiger partial charge in [0.2, 0.25) is 0 Å². The molecule has 1 saturated carbocycles. The van der Waals surface area contributed by atoms with E-state index in [9.17, 15) is 0 Å². The molecule has 1 aromatic heterocycles. The molecule has 0 amide bonds. The first-order valence-corrected chi connectivity index (χ1v) is 6.43. The molecule has 3 rings (SSSR count). The molecule has 3 heteroatoms. The minimum Gasteiger partial charge on any atom is -0.356 e. The summed E-state index contributed by atoms with van der Waals surface area (Å²) in [5.74, 6) is 1.14. The van der Waals surface area contributed by atoms with Crippen molar-refractivity contribution in [3.05, 3.63) is 22.8 Å². The highest BCUT2D eigenvalue weighted by molar-refractivity contribution is 9.10. The quantitative estimate of drug-likeness (QED) is 0.776. The first kappa shape index (κ1) is 9.64. The number of hydrogen-bond donors (Lipinski definition) is 0. The Morgan fingerprint density at radius 2 is 2.13 bits per heavy atom. The average molecular weight is 267 g/mol. The lowest BCUT2D eigenvalue weighted by Crippen LogP contribution is -2.36. The van der Waals surface area contributed by atoms with Crippen molar-refractivity contribution < 1.29 is 0 Å². The molecule has 2 heterocycles. The lowest BCUT2D eigenvalue weighted by molar-refractivity contribution is 0.393. The van der Waals surface area contributed by atoms with Gasteiger partial charge in [-0.2, -0.15) is 0 Å². The standard InChI is InChI=1S/C12H15BrN2/c13-10-2-3-11(14-8-10)15-7-1-4-12(9-15)5-6-12/h2-3,8H,1,4-7,9H2. The summed E-state index contributed by atoms with van der Waals surface area (Å²) in [4.78, 5) is 6.92. The molecule has 0 aromatic carbocycles. The van der Waals surface area contributed by atoms with Crippen molar-refractivity contribution in [1.29, 1.82) is 0 Å². The molecule has 0 N–H and O–H groups in total. The van der Waals surface area contributed by atoms with Gasteiger partial charge in [0.25, 0.3) is 0 Å². The zero-order chi connectivity index (χ0) is 10.3. The van der Waals surface area contributed by atoms with Gasteiger partial charge in [-0.25, -0.2) is 4.98 Å². The Labute approximate surface area is 98.8 Å². The van der Waals surface area contributed by atoms with Crippen LogP contribution in [0.1, 0.15) is 25.7 Å². The van der Waals surface area contributed by atoms with E-state index < -0.39 is 0 Å². The lowest BCUT2D eigenvalue weighted by Gasteiger charge is -2.33. The van der Waals surface area contributed by atoms with Gasteiger partial charge in [-0.3, -0.25) is 0 Å². The maximum absolute atomic E-state index is 4.47. The molecule has 1 aromatic rings. The molecule has 1 aliphatic carbocycles. The third-order valence-corrected chi connectivity index (χ3v) is 4.12. The van der Waals surface area contributed by atoms with Crippen LogP contribution in [0, 0.1) is 5.41 Å². The first-order chi connectivity index (χ1) is 7.27. The smallest absolute Gasteiger partial charge is 0.128 e. The van der Waals surface area contributed by atoms with Crippen LogP contribution in [0.5, 0.6) is 0 Å². The van der Waals surface area contributed by atoms with E-state index in [4.69, 9.17) is 0 Å². The highest BCUT2D eigenvalue weighted by atomic mass is 79.9. The van der Waals surface area contributed by atoms with Crippen LogP contribution in [0.15, 0.2) is 22.8 Å². The van der Waals surface area contributed by atoms with E-state index >= 15 is 0 Å². The van der Waals surface area contributed by atoms with Crippen molar-refractivity contribution >= 4 is 21.7 Å². The fourth-order valence-electron chi connectivity index (χ4n) is 2.54. The van der Waals surface area contributed by atoms with E-state index in [1.54, 1.807) is 0 Å². The van der Waals surface area contributed by atoms with E-state index in [1.807, 2.05) is 6.20 Å². The minimum absolute atomic E-state index is 0.674. The summed E-state index contributed by atoms with van der Waals surface area (Å²) in [5, 5.41) is 0. The van der Waals surface area contributed by atoms with Crippen LogP contribution in [-0.2, 0) is 0 Å². The van der Waals surface area contributed by atoms with Gasteiger partial charge in [0.15, 0.2) is 0 Å². The fourth-order valence-corrected chi connectivity index (χ4v) is 2.78. The molecule has 0 unspecified atom stereocenters. The molecule has 0 radical (unpaired) electrons. The summed E-state index contributed by atoms with van der Waals surface area (Å²) in [6, 6.07) is 4.20. The Balaban J connectivity index is 1.78. The van der Waals surface area contributed by atoms with Crippen LogP contribution in [0.3, 0.4) is 0 Å². The van der Waals surface area contributed by atoms with Gasteiger partial charge in [-0.15, -0.1) is 0 Å². The Hall–Kier alpha value is -0.570. The molecule has 80 valence electrons. The maximum atomic E-state index is 4.47. The summed E-state index contributed by atoms with van der Waals surface area (Å²) in [6.45, 7) is 2.40. The minimum atomic E-state index is 0.674. The summed E-state index contributed by atoms with van der Waals surface area (Å²) >= 11 is 3.42. The molecular formula is C12H15BrN2. The topological polar surface area (TPSA) is 16.1 Å². The number of aromatic nitrogens is 1. The molecule has 1 saturated heterocycles. The van der Waals surface area contributed by atoms with Crippen LogP contribution in [0.2, 0.25) is 0 Å². The molecule has 0 bridgehead atoms. The number of piperidine rings is 1. The number of pyridine rings is 1. The van der Waals surface area contributed by atoms with Crippen LogP contribution in [-0.4, -0.2) is 18.1 Å². The third-order valence-electron chi connectivity index (χ3n) is 3.65. The molecule has 0 atom stereocenters. The van der Waals surface area contributed by atoms with Gasteiger partial charge < -0.3 is 4.90 Å². The number of hydrogen-bond acceptors (Lipinski definition) is 2. The maximum Gasteiger partial charge on any atom is 0.128 e. The Morgan fingerprint density at radius 3 is 2.80 bits per heavy atom. The van der Waals surface area contributed by atoms with E-state index in [2.05, 4.69) is 37.9 Å². The third kappa shape index (κ3) is 1.89. The van der Waals surface area contributed by atoms with Gasteiger partial charge in [0.05, 0.1) is 0 Å². The molecule has 1 spiro atoms. The molecule has 2 aliphatic rings. The van der Waals surface area contributed by atoms with Crippen molar-refractivity contribution in [2.75, 3.05) is 18.0 Å². The zero-order valence-corrected chi connectivity index (χ0v) is 10.3. The second kappa shape index (κ2) is 3.48. The summed E-state index contributed by atoms with van der Waals surface area (Å²) in [6.07, 6.45) is 7.52. The van der Waals surface area contributed by atoms with Gasteiger partial charge in [-0.05, 0) is 59.2 Å².